The van der Waals surface area contributed by atoms with Gasteiger partial charge in [-0.15, -0.1) is 15.3 Å². The van der Waals surface area contributed by atoms with E-state index in [0.717, 1.165) is 36.9 Å². The lowest BCUT2D eigenvalue weighted by molar-refractivity contribution is -0.147. The van der Waals surface area contributed by atoms with Gasteiger partial charge in [0.25, 0.3) is 0 Å². The van der Waals surface area contributed by atoms with Gasteiger partial charge in [-0.3, -0.25) is 9.69 Å². The largest absolute Gasteiger partial charge is 0.365 e. The number of fused-ring (bicyclic) bond motifs is 1. The third-order valence-electron chi connectivity index (χ3n) is 5.57. The lowest BCUT2D eigenvalue weighted by atomic mass is 9.96. The van der Waals surface area contributed by atoms with E-state index >= 15 is 0 Å². The molecule has 0 saturated carbocycles. The van der Waals surface area contributed by atoms with Crippen molar-refractivity contribution in [2.45, 2.75) is 38.3 Å². The molecule has 2 aromatic heterocycles. The van der Waals surface area contributed by atoms with Gasteiger partial charge in [0.1, 0.15) is 12.4 Å². The van der Waals surface area contributed by atoms with Crippen LogP contribution in [-0.4, -0.2) is 94.5 Å². The van der Waals surface area contributed by atoms with E-state index in [0.29, 0.717) is 12.6 Å². The highest BCUT2D eigenvalue weighted by Crippen LogP contribution is 2.25. The minimum atomic E-state index is -0.114. The van der Waals surface area contributed by atoms with Crippen LogP contribution in [0.3, 0.4) is 0 Å². The first-order valence-corrected chi connectivity index (χ1v) is 9.76. The van der Waals surface area contributed by atoms with Crippen molar-refractivity contribution in [3.05, 3.63) is 18.0 Å². The van der Waals surface area contributed by atoms with Gasteiger partial charge in [-0.05, 0) is 19.2 Å². The molecular weight excluding hydrogens is 358 g/mol. The van der Waals surface area contributed by atoms with Crippen LogP contribution in [0.2, 0.25) is 0 Å². The predicted octanol–water partition coefficient (Wildman–Crippen LogP) is 0.399. The molecule has 0 N–H and O–H groups in total. The highest BCUT2D eigenvalue weighted by atomic mass is 16.5. The van der Waals surface area contributed by atoms with Crippen molar-refractivity contribution in [1.82, 2.24) is 29.6 Å². The molecule has 4 heterocycles. The molecule has 9 nitrogen and oxygen atoms in total. The topological polar surface area (TPSA) is 79.1 Å². The molecular formula is C19H29N7O2. The second-order valence-corrected chi connectivity index (χ2v) is 8.94. The van der Waals surface area contributed by atoms with Crippen molar-refractivity contribution in [1.29, 1.82) is 0 Å². The minimum Gasteiger partial charge on any atom is -0.365 e. The Morgan fingerprint density at radius 3 is 2.64 bits per heavy atom. The average molecular weight is 387 g/mol. The zero-order chi connectivity index (χ0) is 20.1. The summed E-state index contributed by atoms with van der Waals surface area (Å²) in [6.45, 7) is 9.85. The van der Waals surface area contributed by atoms with Gasteiger partial charge in [0, 0.05) is 44.7 Å². The van der Waals surface area contributed by atoms with Crippen LogP contribution in [0.4, 0.5) is 5.82 Å². The first-order valence-electron chi connectivity index (χ1n) is 9.76. The molecule has 0 bridgehead atoms. The maximum atomic E-state index is 11.5. The summed E-state index contributed by atoms with van der Waals surface area (Å²) in [5.74, 6) is 1.87. The average Bonchev–Trinajstić information content (AvgIpc) is 3.00. The number of carbonyl (C=O) groups is 1. The smallest absolute Gasteiger partial charge is 0.248 e. The van der Waals surface area contributed by atoms with Crippen LogP contribution < -0.4 is 4.90 Å². The summed E-state index contributed by atoms with van der Waals surface area (Å²) in [6, 6.07) is 4.44. The van der Waals surface area contributed by atoms with E-state index in [4.69, 9.17) is 9.84 Å². The first-order chi connectivity index (χ1) is 13.2. The van der Waals surface area contributed by atoms with Gasteiger partial charge >= 0.3 is 0 Å². The number of nitrogens with zero attached hydrogens (tertiary/aromatic N) is 7. The Morgan fingerprint density at radius 1 is 1.21 bits per heavy atom. The molecule has 1 unspecified atom stereocenters. The van der Waals surface area contributed by atoms with Crippen molar-refractivity contribution in [3.8, 4) is 0 Å². The molecule has 4 rings (SSSR count). The Balaban J connectivity index is 1.37. The predicted molar refractivity (Wildman–Crippen MR) is 105 cm³/mol. The lowest BCUT2D eigenvalue weighted by Crippen LogP contribution is -2.61. The van der Waals surface area contributed by atoms with Gasteiger partial charge in [0.2, 0.25) is 5.91 Å². The number of rotatable bonds is 4. The third kappa shape index (κ3) is 3.56. The van der Waals surface area contributed by atoms with Crippen molar-refractivity contribution in [2.75, 3.05) is 51.8 Å². The molecule has 2 saturated heterocycles. The summed E-state index contributed by atoms with van der Waals surface area (Å²) >= 11 is 0. The molecule has 1 amide bonds. The van der Waals surface area contributed by atoms with Crippen molar-refractivity contribution >= 4 is 17.4 Å². The second-order valence-electron chi connectivity index (χ2n) is 8.94. The van der Waals surface area contributed by atoms with Gasteiger partial charge < -0.3 is 14.5 Å². The van der Waals surface area contributed by atoms with E-state index in [-0.39, 0.29) is 24.0 Å². The number of morpholine rings is 1. The second kappa shape index (κ2) is 6.97. The number of amides is 1. The molecule has 0 spiro atoms. The van der Waals surface area contributed by atoms with Gasteiger partial charge in [-0.25, -0.2) is 0 Å². The van der Waals surface area contributed by atoms with E-state index in [1.165, 1.54) is 0 Å². The monoisotopic (exact) mass is 387 g/mol. The molecule has 28 heavy (non-hydrogen) atoms. The number of ether oxygens (including phenoxy) is 1. The Bertz CT molecular complexity index is 869. The molecule has 2 aromatic rings. The molecule has 152 valence electrons. The molecule has 0 aliphatic carbocycles. The molecule has 0 radical (unpaired) electrons. The number of likely N-dealkylation sites (N-methyl/N-ethyl adjacent to an activating group) is 2. The number of aromatic nitrogens is 4. The van der Waals surface area contributed by atoms with Gasteiger partial charge in [0.05, 0.1) is 6.10 Å². The van der Waals surface area contributed by atoms with E-state index < -0.39 is 0 Å². The zero-order valence-corrected chi connectivity index (χ0v) is 17.3. The number of carbonyl (C=O) groups excluding carboxylic acids is 1. The fraction of sp³-hybridized carbons (Fsp3) is 0.684. The number of hydrogen-bond donors (Lipinski definition) is 0. The quantitative estimate of drug-likeness (QED) is 0.751. The van der Waals surface area contributed by atoms with Crippen LogP contribution in [0.15, 0.2) is 12.1 Å². The number of anilines is 1. The van der Waals surface area contributed by atoms with Crippen LogP contribution in [0.25, 0.3) is 5.65 Å². The zero-order valence-electron chi connectivity index (χ0n) is 17.3. The number of hydrogen-bond acceptors (Lipinski definition) is 7. The van der Waals surface area contributed by atoms with E-state index in [1.807, 2.05) is 23.7 Å². The Labute approximate surface area is 165 Å². The van der Waals surface area contributed by atoms with Crippen molar-refractivity contribution in [2.24, 2.45) is 0 Å². The van der Waals surface area contributed by atoms with Crippen LogP contribution in [0.5, 0.6) is 0 Å². The van der Waals surface area contributed by atoms with Crippen molar-refractivity contribution in [3.63, 3.8) is 0 Å². The molecule has 9 heteroatoms. The standard InChI is InChI=1S/C19H29N7O2/c1-19(2,3)18-21-20-15-6-7-16(22-26(15)18)25-8-13(9-25)23(4)10-14-11-24(5)17(27)12-28-14/h6-7,13-14H,8-12H2,1-5H3. The van der Waals surface area contributed by atoms with Gasteiger partial charge in [0.15, 0.2) is 11.5 Å². The lowest BCUT2D eigenvalue weighted by Gasteiger charge is -2.45. The van der Waals surface area contributed by atoms with Gasteiger partial charge in [-0.1, -0.05) is 20.8 Å². The molecule has 2 aliphatic heterocycles. The van der Waals surface area contributed by atoms with Crippen LogP contribution in [-0.2, 0) is 14.9 Å². The summed E-state index contributed by atoms with van der Waals surface area (Å²) in [4.78, 5) is 17.9. The minimum absolute atomic E-state index is 0.0545. The molecule has 2 aliphatic rings. The fourth-order valence-corrected chi connectivity index (χ4v) is 3.68. The molecule has 1 atom stereocenters. The summed E-state index contributed by atoms with van der Waals surface area (Å²) in [5, 5.41) is 13.3. The van der Waals surface area contributed by atoms with Crippen molar-refractivity contribution < 1.29 is 9.53 Å². The summed E-state index contributed by atoms with van der Waals surface area (Å²) < 4.78 is 7.53. The Kier molecular flexibility index (Phi) is 4.75. The van der Waals surface area contributed by atoms with E-state index in [2.05, 4.69) is 47.8 Å². The third-order valence-corrected chi connectivity index (χ3v) is 5.57. The first kappa shape index (κ1) is 19.1. The normalized spacial score (nSPS) is 21.6. The fourth-order valence-electron chi connectivity index (χ4n) is 3.68. The summed E-state index contributed by atoms with van der Waals surface area (Å²) in [5.41, 5.74) is 0.660. The van der Waals surface area contributed by atoms with E-state index in [1.54, 1.807) is 4.90 Å². The van der Waals surface area contributed by atoms with Crippen LogP contribution in [0.1, 0.15) is 26.6 Å². The Morgan fingerprint density at radius 2 is 1.96 bits per heavy atom. The van der Waals surface area contributed by atoms with E-state index in [9.17, 15) is 4.79 Å². The Hall–Kier alpha value is -2.26. The summed E-state index contributed by atoms with van der Waals surface area (Å²) in [6.07, 6.45) is 0.0718. The maximum Gasteiger partial charge on any atom is 0.248 e. The maximum absolute atomic E-state index is 11.5. The highest BCUT2D eigenvalue weighted by Gasteiger charge is 2.34. The molecule has 0 aromatic carbocycles. The SMILES string of the molecule is CN1CC(CN(C)C2CN(c3ccc4nnc(C(C)(C)C)n4n3)C2)OCC1=O. The van der Waals surface area contributed by atoms with Gasteiger partial charge in [-0.2, -0.15) is 4.52 Å². The highest BCUT2D eigenvalue weighted by molar-refractivity contribution is 5.77. The van der Waals surface area contributed by atoms with Crippen LogP contribution in [0, 0.1) is 0 Å². The van der Waals surface area contributed by atoms with Crippen LogP contribution >= 0.6 is 0 Å². The summed E-state index contributed by atoms with van der Waals surface area (Å²) in [7, 11) is 3.96. The molecule has 2 fully saturated rings.